The standard InChI is InChI=1S/C21H18O5.C15H14O4/c1-21(2,26-20(23)13-6-4-3-5-7-13)18-11-15-10-14-8-9-19(22)25-16(14)12-17(15)24-18;1-8-3-4-10-12(18-7-8)6-13-14(15(10)17)11(16)5-9(2)19-13/h3-10,12,18H,11H2,1-2H3;3,5-6,17H,4,7H2,1-2H3. The molecule has 9 heteroatoms. The Bertz CT molecular complexity index is 2080. The molecule has 4 heterocycles. The van der Waals surface area contributed by atoms with Gasteiger partial charge < -0.3 is 28.2 Å². The molecule has 0 saturated heterocycles. The lowest BCUT2D eigenvalue weighted by Gasteiger charge is -2.30. The van der Waals surface area contributed by atoms with E-state index in [0.717, 1.165) is 16.5 Å². The molecule has 1 N–H and O–H groups in total. The number of allylic oxidation sites excluding steroid dienone is 1. The van der Waals surface area contributed by atoms with E-state index < -0.39 is 11.2 Å². The predicted molar refractivity (Wildman–Crippen MR) is 168 cm³/mol. The third-order valence-corrected chi connectivity index (χ3v) is 7.91. The largest absolute Gasteiger partial charge is 0.507 e. The van der Waals surface area contributed by atoms with Gasteiger partial charge in [-0.15, -0.1) is 0 Å². The molecular formula is C36H32O9. The second kappa shape index (κ2) is 11.6. The quantitative estimate of drug-likeness (QED) is 0.140. The molecule has 0 bridgehead atoms. The molecule has 7 rings (SSSR count). The highest BCUT2D eigenvalue weighted by atomic mass is 16.6. The molecule has 3 aromatic carbocycles. The Labute approximate surface area is 258 Å². The number of aryl methyl sites for hydroxylation is 1. The number of fused-ring (bicyclic) bond motifs is 4. The van der Waals surface area contributed by atoms with Gasteiger partial charge in [0.05, 0.1) is 5.56 Å². The molecule has 0 fully saturated rings. The number of ether oxygens (including phenoxy) is 3. The van der Waals surface area contributed by atoms with E-state index >= 15 is 0 Å². The number of phenolic OH excluding ortho intramolecular Hbond substituents is 1. The highest BCUT2D eigenvalue weighted by molar-refractivity contribution is 5.89. The van der Waals surface area contributed by atoms with Crippen LogP contribution in [0.5, 0.6) is 17.2 Å². The maximum Gasteiger partial charge on any atom is 0.338 e. The Kier molecular flexibility index (Phi) is 7.70. The number of esters is 1. The van der Waals surface area contributed by atoms with Gasteiger partial charge in [-0.2, -0.15) is 0 Å². The monoisotopic (exact) mass is 608 g/mol. The first-order chi connectivity index (χ1) is 21.5. The number of benzene rings is 3. The molecule has 2 aliphatic rings. The lowest BCUT2D eigenvalue weighted by Crippen LogP contribution is -2.43. The minimum absolute atomic E-state index is 0.0350. The molecule has 2 aliphatic heterocycles. The molecule has 5 aromatic rings. The Morgan fingerprint density at radius 2 is 1.69 bits per heavy atom. The zero-order chi connectivity index (χ0) is 31.9. The Balaban J connectivity index is 0.000000167. The number of carbonyl (C=O) groups excluding carboxylic acids is 1. The first kappa shape index (κ1) is 29.7. The SMILES string of the molecule is CC(C)(OC(=O)c1ccccc1)C1Cc2cc3ccc(=O)oc3cc2O1.CC1=CCc2c(cc3oc(C)cc(=O)c3c2O)OC1. The molecule has 0 saturated carbocycles. The molecule has 1 atom stereocenters. The van der Waals surface area contributed by atoms with Crippen LogP contribution in [0, 0.1) is 6.92 Å². The molecule has 45 heavy (non-hydrogen) atoms. The summed E-state index contributed by atoms with van der Waals surface area (Å²) in [5.41, 5.74) is 2.63. The number of carbonyl (C=O) groups is 1. The summed E-state index contributed by atoms with van der Waals surface area (Å²) in [6.07, 6.45) is 2.83. The molecule has 0 amide bonds. The van der Waals surface area contributed by atoms with Crippen molar-refractivity contribution in [3.63, 3.8) is 0 Å². The second-order valence-corrected chi connectivity index (χ2v) is 11.8. The highest BCUT2D eigenvalue weighted by Crippen LogP contribution is 2.38. The second-order valence-electron chi connectivity index (χ2n) is 11.8. The zero-order valence-electron chi connectivity index (χ0n) is 25.3. The summed E-state index contributed by atoms with van der Waals surface area (Å²) in [7, 11) is 0. The highest BCUT2D eigenvalue weighted by Gasteiger charge is 2.40. The van der Waals surface area contributed by atoms with Gasteiger partial charge in [-0.1, -0.05) is 24.3 Å². The molecule has 1 unspecified atom stereocenters. The van der Waals surface area contributed by atoms with Crippen LogP contribution in [0.2, 0.25) is 0 Å². The number of hydrogen-bond acceptors (Lipinski definition) is 9. The van der Waals surface area contributed by atoms with Crippen molar-refractivity contribution in [2.45, 2.75) is 52.2 Å². The molecule has 0 aliphatic carbocycles. The van der Waals surface area contributed by atoms with Crippen LogP contribution < -0.4 is 20.5 Å². The number of rotatable bonds is 3. The van der Waals surface area contributed by atoms with Crippen molar-refractivity contribution in [3.8, 4) is 17.2 Å². The summed E-state index contributed by atoms with van der Waals surface area (Å²) >= 11 is 0. The van der Waals surface area contributed by atoms with Crippen LogP contribution in [-0.4, -0.2) is 29.4 Å². The number of aromatic hydroxyl groups is 1. The summed E-state index contributed by atoms with van der Waals surface area (Å²) in [4.78, 5) is 35.8. The van der Waals surface area contributed by atoms with Crippen LogP contribution in [0.4, 0.5) is 0 Å². The van der Waals surface area contributed by atoms with Crippen LogP contribution in [0.15, 0.2) is 96.8 Å². The summed E-state index contributed by atoms with van der Waals surface area (Å²) in [5.74, 6) is 1.32. The van der Waals surface area contributed by atoms with E-state index in [1.165, 1.54) is 12.1 Å². The maximum absolute atomic E-state index is 12.4. The molecule has 9 nitrogen and oxygen atoms in total. The fourth-order valence-corrected chi connectivity index (χ4v) is 5.43. The minimum Gasteiger partial charge on any atom is -0.507 e. The van der Waals surface area contributed by atoms with Crippen LogP contribution >= 0.6 is 0 Å². The van der Waals surface area contributed by atoms with E-state index in [1.54, 1.807) is 49.4 Å². The minimum atomic E-state index is -0.820. The smallest absolute Gasteiger partial charge is 0.338 e. The third-order valence-electron chi connectivity index (χ3n) is 7.91. The van der Waals surface area contributed by atoms with Crippen molar-refractivity contribution in [2.24, 2.45) is 0 Å². The van der Waals surface area contributed by atoms with E-state index in [4.69, 9.17) is 23.0 Å². The first-order valence-electron chi connectivity index (χ1n) is 14.6. The van der Waals surface area contributed by atoms with Crippen molar-refractivity contribution in [1.29, 1.82) is 0 Å². The summed E-state index contributed by atoms with van der Waals surface area (Å²) < 4.78 is 28.1. The first-order valence-corrected chi connectivity index (χ1v) is 14.6. The zero-order valence-corrected chi connectivity index (χ0v) is 25.3. The van der Waals surface area contributed by atoms with Gasteiger partial charge in [-0.3, -0.25) is 4.79 Å². The van der Waals surface area contributed by atoms with Gasteiger partial charge in [0.2, 0.25) is 0 Å². The van der Waals surface area contributed by atoms with E-state index in [9.17, 15) is 19.5 Å². The van der Waals surface area contributed by atoms with Gasteiger partial charge >= 0.3 is 11.6 Å². The van der Waals surface area contributed by atoms with Crippen molar-refractivity contribution < 1.29 is 32.9 Å². The average molecular weight is 609 g/mol. The van der Waals surface area contributed by atoms with E-state index in [-0.39, 0.29) is 28.6 Å². The molecule has 2 aromatic heterocycles. The predicted octanol–water partition coefficient (Wildman–Crippen LogP) is 6.42. The Morgan fingerprint density at radius 3 is 2.47 bits per heavy atom. The van der Waals surface area contributed by atoms with Gasteiger partial charge in [0.25, 0.3) is 0 Å². The van der Waals surface area contributed by atoms with Crippen molar-refractivity contribution in [1.82, 2.24) is 0 Å². The maximum atomic E-state index is 12.4. The Hall–Kier alpha value is -5.31. The lowest BCUT2D eigenvalue weighted by atomic mass is 9.96. The normalized spacial score (nSPS) is 15.5. The van der Waals surface area contributed by atoms with Crippen molar-refractivity contribution >= 4 is 27.9 Å². The number of hydrogen-bond donors (Lipinski definition) is 1. The summed E-state index contributed by atoms with van der Waals surface area (Å²) in [5, 5.41) is 11.4. The van der Waals surface area contributed by atoms with E-state index in [1.807, 2.05) is 39.0 Å². The van der Waals surface area contributed by atoms with Crippen LogP contribution in [0.1, 0.15) is 48.0 Å². The van der Waals surface area contributed by atoms with E-state index in [0.29, 0.717) is 59.0 Å². The van der Waals surface area contributed by atoms with Gasteiger partial charge in [0.1, 0.15) is 57.9 Å². The van der Waals surface area contributed by atoms with E-state index in [2.05, 4.69) is 0 Å². The lowest BCUT2D eigenvalue weighted by molar-refractivity contribution is -0.0517. The summed E-state index contributed by atoms with van der Waals surface area (Å²) in [6, 6.07) is 18.7. The molecule has 230 valence electrons. The summed E-state index contributed by atoms with van der Waals surface area (Å²) in [6.45, 7) is 7.83. The van der Waals surface area contributed by atoms with Gasteiger partial charge in [0.15, 0.2) is 5.43 Å². The van der Waals surface area contributed by atoms with Gasteiger partial charge in [-0.05, 0) is 69.5 Å². The van der Waals surface area contributed by atoms with Crippen LogP contribution in [-0.2, 0) is 17.6 Å². The average Bonchev–Trinajstić information content (AvgIpc) is 3.33. The molecular weight excluding hydrogens is 576 g/mol. The topological polar surface area (TPSA) is 125 Å². The van der Waals surface area contributed by atoms with Crippen molar-refractivity contribution in [2.75, 3.05) is 6.61 Å². The molecule has 0 radical (unpaired) electrons. The van der Waals surface area contributed by atoms with Crippen molar-refractivity contribution in [3.05, 3.63) is 121 Å². The fourth-order valence-electron chi connectivity index (χ4n) is 5.43. The van der Waals surface area contributed by atoms with Crippen LogP contribution in [0.25, 0.3) is 21.9 Å². The molecule has 0 spiro atoms. The van der Waals surface area contributed by atoms with Crippen LogP contribution in [0.3, 0.4) is 0 Å². The Morgan fingerprint density at radius 1 is 0.933 bits per heavy atom. The fraction of sp³-hybridized carbons (Fsp3) is 0.250. The number of phenols is 1. The van der Waals surface area contributed by atoms with Gasteiger partial charge in [0, 0.05) is 41.6 Å². The third kappa shape index (κ3) is 6.06. The van der Waals surface area contributed by atoms with Gasteiger partial charge in [-0.25, -0.2) is 9.59 Å².